The van der Waals surface area contributed by atoms with Gasteiger partial charge in [0, 0.05) is 18.7 Å². The van der Waals surface area contributed by atoms with E-state index in [1.54, 1.807) is 0 Å². The number of hydrogen-bond acceptors (Lipinski definition) is 3. The summed E-state index contributed by atoms with van der Waals surface area (Å²) in [6.07, 6.45) is 1.58. The van der Waals surface area contributed by atoms with E-state index < -0.39 is 0 Å². The minimum atomic E-state index is -0.238. The SMILES string of the molecule is CCC(CCO)CNC(=O)c1cc(Cl)nc(Cl)c1. The predicted molar refractivity (Wildman–Crippen MR) is 72.1 cm³/mol. The average molecular weight is 291 g/mol. The molecule has 0 aliphatic rings. The van der Waals surface area contributed by atoms with Crippen LogP contribution in [0.15, 0.2) is 12.1 Å². The van der Waals surface area contributed by atoms with E-state index in [1.165, 1.54) is 12.1 Å². The Labute approximate surface area is 116 Å². The number of aliphatic hydroxyl groups is 1. The summed E-state index contributed by atoms with van der Waals surface area (Å²) in [6, 6.07) is 2.94. The highest BCUT2D eigenvalue weighted by atomic mass is 35.5. The summed E-state index contributed by atoms with van der Waals surface area (Å²) in [5, 5.41) is 12.0. The molecule has 0 aromatic carbocycles. The minimum Gasteiger partial charge on any atom is -0.396 e. The van der Waals surface area contributed by atoms with E-state index in [-0.39, 0.29) is 28.7 Å². The van der Waals surface area contributed by atoms with Crippen LogP contribution < -0.4 is 5.32 Å². The molecule has 0 bridgehead atoms. The molecule has 1 aromatic heterocycles. The van der Waals surface area contributed by atoms with E-state index in [1.807, 2.05) is 6.92 Å². The predicted octanol–water partition coefficient (Wildman–Crippen LogP) is 2.53. The smallest absolute Gasteiger partial charge is 0.251 e. The molecule has 18 heavy (non-hydrogen) atoms. The molecule has 0 aliphatic heterocycles. The number of nitrogens with one attached hydrogen (secondary N) is 1. The second-order valence-electron chi connectivity index (χ2n) is 4.00. The first kappa shape index (κ1) is 15.2. The summed E-state index contributed by atoms with van der Waals surface area (Å²) in [5.74, 6) is 0.0318. The van der Waals surface area contributed by atoms with Gasteiger partial charge in [0.1, 0.15) is 10.3 Å². The first-order chi connectivity index (χ1) is 8.56. The van der Waals surface area contributed by atoms with Crippen LogP contribution in [0, 0.1) is 5.92 Å². The third-order valence-electron chi connectivity index (χ3n) is 2.69. The number of aromatic nitrogens is 1. The number of carbonyl (C=O) groups excluding carboxylic acids is 1. The van der Waals surface area contributed by atoms with Gasteiger partial charge in [-0.2, -0.15) is 0 Å². The Morgan fingerprint density at radius 2 is 2.06 bits per heavy atom. The molecule has 1 rings (SSSR count). The number of amides is 1. The van der Waals surface area contributed by atoms with Crippen LogP contribution in [-0.2, 0) is 0 Å². The zero-order valence-electron chi connectivity index (χ0n) is 10.1. The fourth-order valence-electron chi connectivity index (χ4n) is 1.57. The van der Waals surface area contributed by atoms with E-state index >= 15 is 0 Å². The molecule has 0 radical (unpaired) electrons. The Morgan fingerprint density at radius 3 is 2.56 bits per heavy atom. The van der Waals surface area contributed by atoms with Crippen LogP contribution in [0.1, 0.15) is 30.1 Å². The molecule has 1 aromatic rings. The summed E-state index contributed by atoms with van der Waals surface area (Å²) < 4.78 is 0. The summed E-state index contributed by atoms with van der Waals surface area (Å²) >= 11 is 11.5. The standard InChI is InChI=1S/C12H16Cl2N2O2/c1-2-8(3-4-17)7-15-12(18)9-5-10(13)16-11(14)6-9/h5-6,8,17H,2-4,7H2,1H3,(H,15,18). The number of nitrogens with zero attached hydrogens (tertiary/aromatic N) is 1. The Hall–Kier alpha value is -0.840. The molecular weight excluding hydrogens is 275 g/mol. The molecule has 0 saturated carbocycles. The molecule has 100 valence electrons. The summed E-state index contributed by atoms with van der Waals surface area (Å²) in [4.78, 5) is 15.6. The normalized spacial score (nSPS) is 12.2. The van der Waals surface area contributed by atoms with Gasteiger partial charge in [-0.3, -0.25) is 4.79 Å². The Balaban J connectivity index is 2.59. The van der Waals surface area contributed by atoms with Crippen molar-refractivity contribution >= 4 is 29.1 Å². The quantitative estimate of drug-likeness (QED) is 0.792. The molecule has 2 N–H and O–H groups in total. The van der Waals surface area contributed by atoms with Gasteiger partial charge >= 0.3 is 0 Å². The maximum absolute atomic E-state index is 11.9. The van der Waals surface area contributed by atoms with Crippen LogP contribution in [0.5, 0.6) is 0 Å². The monoisotopic (exact) mass is 290 g/mol. The molecule has 0 saturated heterocycles. The third kappa shape index (κ3) is 4.80. The van der Waals surface area contributed by atoms with Crippen LogP contribution in [0.3, 0.4) is 0 Å². The van der Waals surface area contributed by atoms with Gasteiger partial charge in [-0.1, -0.05) is 36.5 Å². The van der Waals surface area contributed by atoms with E-state index in [2.05, 4.69) is 10.3 Å². The second-order valence-corrected chi connectivity index (χ2v) is 4.77. The van der Waals surface area contributed by atoms with E-state index in [9.17, 15) is 4.79 Å². The van der Waals surface area contributed by atoms with Gasteiger partial charge in [-0.15, -0.1) is 0 Å². The molecular formula is C12H16Cl2N2O2. The van der Waals surface area contributed by atoms with E-state index in [0.717, 1.165) is 6.42 Å². The first-order valence-electron chi connectivity index (χ1n) is 5.79. The van der Waals surface area contributed by atoms with Crippen LogP contribution in [0.2, 0.25) is 10.3 Å². The Kier molecular flexibility index (Phi) is 6.39. The lowest BCUT2D eigenvalue weighted by atomic mass is 10.0. The highest BCUT2D eigenvalue weighted by Gasteiger charge is 2.11. The van der Waals surface area contributed by atoms with Crippen LogP contribution in [-0.4, -0.2) is 29.1 Å². The second kappa shape index (κ2) is 7.56. The van der Waals surface area contributed by atoms with Crippen molar-refractivity contribution in [2.75, 3.05) is 13.2 Å². The molecule has 4 nitrogen and oxygen atoms in total. The largest absolute Gasteiger partial charge is 0.396 e. The number of carbonyl (C=O) groups is 1. The zero-order valence-corrected chi connectivity index (χ0v) is 11.6. The molecule has 0 aliphatic carbocycles. The van der Waals surface area contributed by atoms with E-state index in [4.69, 9.17) is 28.3 Å². The van der Waals surface area contributed by atoms with Crippen molar-refractivity contribution in [3.63, 3.8) is 0 Å². The molecule has 0 spiro atoms. The van der Waals surface area contributed by atoms with Crippen molar-refractivity contribution in [2.45, 2.75) is 19.8 Å². The summed E-state index contributed by atoms with van der Waals surface area (Å²) in [6.45, 7) is 2.67. The maximum Gasteiger partial charge on any atom is 0.251 e. The van der Waals surface area contributed by atoms with Crippen LogP contribution in [0.25, 0.3) is 0 Å². The molecule has 1 amide bonds. The van der Waals surface area contributed by atoms with Crippen LogP contribution >= 0.6 is 23.2 Å². The fraction of sp³-hybridized carbons (Fsp3) is 0.500. The molecule has 1 atom stereocenters. The lowest BCUT2D eigenvalue weighted by Gasteiger charge is -2.14. The van der Waals surface area contributed by atoms with E-state index in [0.29, 0.717) is 18.5 Å². The van der Waals surface area contributed by atoms with Crippen LogP contribution in [0.4, 0.5) is 0 Å². The highest BCUT2D eigenvalue weighted by molar-refractivity contribution is 6.33. The van der Waals surface area contributed by atoms with Gasteiger partial charge in [-0.25, -0.2) is 4.98 Å². The summed E-state index contributed by atoms with van der Waals surface area (Å²) in [7, 11) is 0. The van der Waals surface area contributed by atoms with Crippen molar-refractivity contribution in [1.82, 2.24) is 10.3 Å². The third-order valence-corrected chi connectivity index (χ3v) is 3.08. The van der Waals surface area contributed by atoms with Gasteiger partial charge < -0.3 is 10.4 Å². The Bertz CT molecular complexity index is 393. The van der Waals surface area contributed by atoms with Crippen molar-refractivity contribution in [2.24, 2.45) is 5.92 Å². The van der Waals surface area contributed by atoms with Crippen molar-refractivity contribution < 1.29 is 9.90 Å². The number of halogens is 2. The number of pyridine rings is 1. The lowest BCUT2D eigenvalue weighted by molar-refractivity contribution is 0.0943. The maximum atomic E-state index is 11.9. The zero-order chi connectivity index (χ0) is 13.5. The number of hydrogen-bond donors (Lipinski definition) is 2. The molecule has 1 heterocycles. The average Bonchev–Trinajstić information content (AvgIpc) is 2.32. The number of aliphatic hydroxyl groups excluding tert-OH is 1. The van der Waals surface area contributed by atoms with Crippen molar-refractivity contribution in [3.05, 3.63) is 28.0 Å². The van der Waals surface area contributed by atoms with Gasteiger partial charge in [0.2, 0.25) is 0 Å². The van der Waals surface area contributed by atoms with Gasteiger partial charge in [-0.05, 0) is 24.5 Å². The van der Waals surface area contributed by atoms with Gasteiger partial charge in [0.05, 0.1) is 0 Å². The highest BCUT2D eigenvalue weighted by Crippen LogP contribution is 2.14. The van der Waals surface area contributed by atoms with Crippen molar-refractivity contribution in [3.8, 4) is 0 Å². The van der Waals surface area contributed by atoms with Crippen molar-refractivity contribution in [1.29, 1.82) is 0 Å². The number of rotatable bonds is 6. The summed E-state index contributed by atoms with van der Waals surface area (Å²) in [5.41, 5.74) is 0.388. The molecule has 6 heteroatoms. The minimum absolute atomic E-state index is 0.126. The molecule has 0 fully saturated rings. The fourth-order valence-corrected chi connectivity index (χ4v) is 2.03. The lowest BCUT2D eigenvalue weighted by Crippen LogP contribution is -2.29. The van der Waals surface area contributed by atoms with Gasteiger partial charge in [0.25, 0.3) is 5.91 Å². The topological polar surface area (TPSA) is 62.2 Å². The van der Waals surface area contributed by atoms with Gasteiger partial charge in [0.15, 0.2) is 0 Å². The molecule has 1 unspecified atom stereocenters. The first-order valence-corrected chi connectivity index (χ1v) is 6.54. The Morgan fingerprint density at radius 1 is 1.44 bits per heavy atom.